The summed E-state index contributed by atoms with van der Waals surface area (Å²) in [7, 11) is -7.03. The normalized spacial score (nSPS) is 16.0. The second-order valence-corrected chi connectivity index (χ2v) is 10.2. The highest BCUT2D eigenvalue weighted by Crippen LogP contribution is 2.19. The first kappa shape index (κ1) is 20.3. The lowest BCUT2D eigenvalue weighted by Gasteiger charge is -2.34. The van der Waals surface area contributed by atoms with Crippen molar-refractivity contribution in [1.82, 2.24) is 9.21 Å². The quantitative estimate of drug-likeness (QED) is 0.778. The zero-order valence-electron chi connectivity index (χ0n) is 15.3. The van der Waals surface area contributed by atoms with E-state index in [4.69, 9.17) is 0 Å². The molecule has 0 unspecified atom stereocenters. The van der Waals surface area contributed by atoms with Gasteiger partial charge in [-0.3, -0.25) is 9.52 Å². The molecule has 0 saturated carbocycles. The minimum atomic E-state index is -3.58. The lowest BCUT2D eigenvalue weighted by molar-refractivity contribution is 0.0698. The molecule has 10 heteroatoms. The maximum atomic E-state index is 12.7. The van der Waals surface area contributed by atoms with E-state index in [1.807, 2.05) is 0 Å². The van der Waals surface area contributed by atoms with Crippen LogP contribution in [-0.4, -0.2) is 64.4 Å². The van der Waals surface area contributed by atoms with Crippen LogP contribution in [0.2, 0.25) is 0 Å². The van der Waals surface area contributed by atoms with Crippen LogP contribution in [0.4, 0.5) is 5.69 Å². The number of nitrogens with one attached hydrogen (secondary N) is 1. The van der Waals surface area contributed by atoms with Gasteiger partial charge in [0.1, 0.15) is 0 Å². The van der Waals surface area contributed by atoms with Crippen LogP contribution in [0, 0.1) is 0 Å². The smallest absolute Gasteiger partial charge is 0.254 e. The van der Waals surface area contributed by atoms with E-state index >= 15 is 0 Å². The van der Waals surface area contributed by atoms with E-state index in [1.54, 1.807) is 53.4 Å². The number of amides is 1. The number of carbonyl (C=O) groups is 1. The fraction of sp³-hybridized carbons (Fsp3) is 0.278. The van der Waals surface area contributed by atoms with Gasteiger partial charge < -0.3 is 4.90 Å². The van der Waals surface area contributed by atoms with Crippen molar-refractivity contribution >= 4 is 31.6 Å². The summed E-state index contributed by atoms with van der Waals surface area (Å²) < 4.78 is 51.8. The van der Waals surface area contributed by atoms with E-state index in [-0.39, 0.29) is 37.0 Å². The number of anilines is 1. The Morgan fingerprint density at radius 2 is 1.54 bits per heavy atom. The molecular formula is C18H21N3O5S2. The predicted octanol–water partition coefficient (Wildman–Crippen LogP) is 1.20. The Balaban J connectivity index is 1.68. The Morgan fingerprint density at radius 1 is 0.893 bits per heavy atom. The van der Waals surface area contributed by atoms with Crippen molar-refractivity contribution in [3.63, 3.8) is 0 Å². The van der Waals surface area contributed by atoms with Crippen molar-refractivity contribution in [2.24, 2.45) is 0 Å². The zero-order valence-corrected chi connectivity index (χ0v) is 16.9. The molecule has 0 spiro atoms. The van der Waals surface area contributed by atoms with E-state index in [2.05, 4.69) is 4.72 Å². The summed E-state index contributed by atoms with van der Waals surface area (Å²) in [5.74, 6) is -0.270. The first-order valence-corrected chi connectivity index (χ1v) is 11.9. The van der Waals surface area contributed by atoms with Crippen molar-refractivity contribution in [3.8, 4) is 0 Å². The molecule has 0 bridgehead atoms. The lowest BCUT2D eigenvalue weighted by Crippen LogP contribution is -2.50. The molecule has 0 radical (unpaired) electrons. The van der Waals surface area contributed by atoms with Crippen molar-refractivity contribution in [2.45, 2.75) is 4.90 Å². The maximum absolute atomic E-state index is 12.7. The molecule has 3 rings (SSSR count). The third-order valence-corrected chi connectivity index (χ3v) is 6.84. The number of nitrogens with zero attached hydrogens (tertiary/aromatic N) is 2. The number of hydrogen-bond acceptors (Lipinski definition) is 5. The summed E-state index contributed by atoms with van der Waals surface area (Å²) in [5.41, 5.74) is 0.645. The van der Waals surface area contributed by atoms with Gasteiger partial charge in [0, 0.05) is 37.4 Å². The first-order chi connectivity index (χ1) is 13.2. The van der Waals surface area contributed by atoms with Crippen LogP contribution < -0.4 is 4.72 Å². The van der Waals surface area contributed by atoms with Gasteiger partial charge in [0.2, 0.25) is 20.0 Å². The number of piperazine rings is 1. The van der Waals surface area contributed by atoms with Crippen LogP contribution in [0.25, 0.3) is 0 Å². The van der Waals surface area contributed by atoms with Crippen LogP contribution in [0.5, 0.6) is 0 Å². The molecule has 2 aromatic rings. The number of carbonyl (C=O) groups excluding carboxylic acids is 1. The largest absolute Gasteiger partial charge is 0.336 e. The topological polar surface area (TPSA) is 104 Å². The third kappa shape index (κ3) is 4.70. The summed E-state index contributed by atoms with van der Waals surface area (Å²) in [6.07, 6.45) is 1.04. The predicted molar refractivity (Wildman–Crippen MR) is 106 cm³/mol. The van der Waals surface area contributed by atoms with Crippen molar-refractivity contribution in [1.29, 1.82) is 0 Å². The Hall–Kier alpha value is -2.43. The lowest BCUT2D eigenvalue weighted by atomic mass is 10.1. The van der Waals surface area contributed by atoms with Crippen molar-refractivity contribution in [2.75, 3.05) is 37.2 Å². The van der Waals surface area contributed by atoms with Crippen LogP contribution in [0.3, 0.4) is 0 Å². The Labute approximate surface area is 164 Å². The molecular weight excluding hydrogens is 402 g/mol. The van der Waals surface area contributed by atoms with Gasteiger partial charge in [-0.25, -0.2) is 16.8 Å². The molecule has 1 amide bonds. The molecule has 1 saturated heterocycles. The first-order valence-electron chi connectivity index (χ1n) is 8.59. The van der Waals surface area contributed by atoms with Gasteiger partial charge in [-0.15, -0.1) is 0 Å². The summed E-state index contributed by atoms with van der Waals surface area (Å²) >= 11 is 0. The zero-order chi connectivity index (χ0) is 20.4. The molecule has 1 heterocycles. The maximum Gasteiger partial charge on any atom is 0.254 e. The van der Waals surface area contributed by atoms with E-state index < -0.39 is 20.0 Å². The fourth-order valence-electron chi connectivity index (χ4n) is 2.99. The van der Waals surface area contributed by atoms with Gasteiger partial charge in [-0.05, 0) is 30.3 Å². The molecule has 1 N–H and O–H groups in total. The van der Waals surface area contributed by atoms with E-state index in [0.29, 0.717) is 11.3 Å². The minimum Gasteiger partial charge on any atom is -0.336 e. The van der Waals surface area contributed by atoms with Gasteiger partial charge in [-0.1, -0.05) is 24.3 Å². The molecule has 0 atom stereocenters. The molecule has 0 aromatic heterocycles. The standard InChI is InChI=1S/C18H21N3O5S2/c1-27(23,24)19-16-7-5-6-15(14-16)18(22)20-10-12-21(13-11-20)28(25,26)17-8-3-2-4-9-17/h2-9,14,19H,10-13H2,1H3. The fourth-order valence-corrected chi connectivity index (χ4v) is 4.98. The van der Waals surface area contributed by atoms with Gasteiger partial charge in [0.05, 0.1) is 11.2 Å². The van der Waals surface area contributed by atoms with E-state index in [0.717, 1.165) is 6.26 Å². The van der Waals surface area contributed by atoms with Crippen molar-refractivity contribution in [3.05, 3.63) is 60.2 Å². The molecule has 2 aromatic carbocycles. The van der Waals surface area contributed by atoms with Crippen LogP contribution >= 0.6 is 0 Å². The third-order valence-electron chi connectivity index (χ3n) is 4.32. The molecule has 8 nitrogen and oxygen atoms in total. The van der Waals surface area contributed by atoms with Crippen LogP contribution in [-0.2, 0) is 20.0 Å². The molecule has 1 aliphatic heterocycles. The Kier molecular flexibility index (Phi) is 5.73. The Morgan fingerprint density at radius 3 is 2.14 bits per heavy atom. The number of benzene rings is 2. The average molecular weight is 424 g/mol. The molecule has 0 aliphatic carbocycles. The van der Waals surface area contributed by atoms with Gasteiger partial charge in [0.15, 0.2) is 0 Å². The number of rotatable bonds is 5. The van der Waals surface area contributed by atoms with Crippen LogP contribution in [0.1, 0.15) is 10.4 Å². The van der Waals surface area contributed by atoms with Gasteiger partial charge >= 0.3 is 0 Å². The molecule has 1 fully saturated rings. The average Bonchev–Trinajstić information content (AvgIpc) is 2.67. The second kappa shape index (κ2) is 7.90. The number of sulfonamides is 2. The van der Waals surface area contributed by atoms with Gasteiger partial charge in [0.25, 0.3) is 5.91 Å². The summed E-state index contributed by atoms with van der Waals surface area (Å²) in [4.78, 5) is 14.5. The van der Waals surface area contributed by atoms with Gasteiger partial charge in [-0.2, -0.15) is 4.31 Å². The number of hydrogen-bond donors (Lipinski definition) is 1. The highest BCUT2D eigenvalue weighted by Gasteiger charge is 2.30. The SMILES string of the molecule is CS(=O)(=O)Nc1cccc(C(=O)N2CCN(S(=O)(=O)c3ccccc3)CC2)c1. The summed E-state index contributed by atoms with van der Waals surface area (Å²) in [6.45, 7) is 0.914. The van der Waals surface area contributed by atoms with Crippen molar-refractivity contribution < 1.29 is 21.6 Å². The second-order valence-electron chi connectivity index (χ2n) is 6.46. The summed E-state index contributed by atoms with van der Waals surface area (Å²) in [5, 5.41) is 0. The molecule has 28 heavy (non-hydrogen) atoms. The molecule has 150 valence electrons. The highest BCUT2D eigenvalue weighted by atomic mass is 32.2. The summed E-state index contributed by atoms with van der Waals surface area (Å²) in [6, 6.07) is 14.4. The molecule has 1 aliphatic rings. The van der Waals surface area contributed by atoms with Crippen LogP contribution in [0.15, 0.2) is 59.5 Å². The highest BCUT2D eigenvalue weighted by molar-refractivity contribution is 7.92. The minimum absolute atomic E-state index is 0.199. The van der Waals surface area contributed by atoms with E-state index in [9.17, 15) is 21.6 Å². The van der Waals surface area contributed by atoms with E-state index in [1.165, 1.54) is 10.4 Å². The monoisotopic (exact) mass is 423 g/mol. The Bertz CT molecular complexity index is 1060.